The van der Waals surface area contributed by atoms with Gasteiger partial charge in [-0.05, 0) is 72.7 Å². The SMILES string of the molecule is COc1c(C(=O)O)cnn1-c1cccc(-c2cccc(C)c2OCc2ccc3c(c2C)CCN([C@H]2CCOC2)C3)n1. The van der Waals surface area contributed by atoms with E-state index >= 15 is 0 Å². The predicted octanol–water partition coefficient (Wildman–Crippen LogP) is 4.98. The number of para-hydroxylation sites is 1. The van der Waals surface area contributed by atoms with Crippen molar-refractivity contribution in [1.29, 1.82) is 0 Å². The van der Waals surface area contributed by atoms with E-state index in [2.05, 4.69) is 29.1 Å². The minimum absolute atomic E-state index is 0.0278. The number of carbonyl (C=O) groups is 1. The van der Waals surface area contributed by atoms with Crippen LogP contribution in [-0.2, 0) is 24.3 Å². The molecule has 41 heavy (non-hydrogen) atoms. The molecule has 2 aromatic heterocycles. The number of carboxylic acids is 1. The molecule has 1 atom stereocenters. The zero-order valence-electron chi connectivity index (χ0n) is 23.6. The van der Waals surface area contributed by atoms with Crippen molar-refractivity contribution in [2.75, 3.05) is 26.9 Å². The van der Waals surface area contributed by atoms with Crippen molar-refractivity contribution < 1.29 is 24.1 Å². The lowest BCUT2D eigenvalue weighted by Gasteiger charge is -2.34. The van der Waals surface area contributed by atoms with Crippen LogP contribution in [0.2, 0.25) is 0 Å². The van der Waals surface area contributed by atoms with Crippen LogP contribution in [0.25, 0.3) is 17.1 Å². The summed E-state index contributed by atoms with van der Waals surface area (Å²) in [6.07, 6.45) is 3.42. The molecule has 0 amide bonds. The van der Waals surface area contributed by atoms with Crippen LogP contribution in [-0.4, -0.2) is 63.7 Å². The number of hydrogen-bond donors (Lipinski definition) is 1. The Morgan fingerprint density at radius 1 is 1.15 bits per heavy atom. The molecule has 212 valence electrons. The Bertz CT molecular complexity index is 1590. The van der Waals surface area contributed by atoms with Crippen LogP contribution in [0.5, 0.6) is 11.6 Å². The minimum atomic E-state index is -1.11. The Kier molecular flexibility index (Phi) is 7.47. The van der Waals surface area contributed by atoms with E-state index < -0.39 is 5.97 Å². The van der Waals surface area contributed by atoms with Gasteiger partial charge in [0.25, 0.3) is 0 Å². The molecule has 1 fully saturated rings. The average Bonchev–Trinajstić information content (AvgIpc) is 3.68. The Morgan fingerprint density at radius 2 is 2.00 bits per heavy atom. The zero-order chi connectivity index (χ0) is 28.5. The number of aryl methyl sites for hydroxylation is 1. The lowest BCUT2D eigenvalue weighted by Crippen LogP contribution is -2.39. The Morgan fingerprint density at radius 3 is 2.78 bits per heavy atom. The highest BCUT2D eigenvalue weighted by Crippen LogP contribution is 2.35. The quantitative estimate of drug-likeness (QED) is 0.326. The standard InChI is InChI=1S/C32H34N4O5/c1-20-6-4-7-26(28-8-5-9-29(34-28)36-31(39-3)27(16-33-36)32(37)38)30(20)41-18-23-11-10-22-17-35(24-13-15-40-19-24)14-12-25(22)21(23)2/h4-11,16,24H,12-15,17-19H2,1-3H3,(H,37,38)/t24-/m0/s1. The molecule has 0 spiro atoms. The number of benzene rings is 2. The largest absolute Gasteiger partial charge is 0.488 e. The summed E-state index contributed by atoms with van der Waals surface area (Å²) < 4.78 is 18.9. The first-order valence-corrected chi connectivity index (χ1v) is 13.9. The smallest absolute Gasteiger partial charge is 0.342 e. The molecule has 2 aromatic carbocycles. The number of fused-ring (bicyclic) bond motifs is 1. The van der Waals surface area contributed by atoms with Gasteiger partial charge in [0, 0.05) is 31.3 Å². The van der Waals surface area contributed by atoms with E-state index in [4.69, 9.17) is 19.2 Å². The van der Waals surface area contributed by atoms with Crippen molar-refractivity contribution in [2.24, 2.45) is 0 Å². The van der Waals surface area contributed by atoms with Gasteiger partial charge in [0.2, 0.25) is 5.88 Å². The molecule has 2 aliphatic rings. The number of nitrogens with zero attached hydrogens (tertiary/aromatic N) is 4. The van der Waals surface area contributed by atoms with Crippen molar-refractivity contribution in [3.63, 3.8) is 0 Å². The van der Waals surface area contributed by atoms with Gasteiger partial charge in [0.05, 0.1) is 25.6 Å². The van der Waals surface area contributed by atoms with Crippen LogP contribution in [0, 0.1) is 13.8 Å². The summed E-state index contributed by atoms with van der Waals surface area (Å²) in [5.41, 5.74) is 7.84. The van der Waals surface area contributed by atoms with Gasteiger partial charge in [0.15, 0.2) is 5.82 Å². The number of methoxy groups -OCH3 is 1. The fourth-order valence-corrected chi connectivity index (χ4v) is 5.92. The summed E-state index contributed by atoms with van der Waals surface area (Å²) in [6.45, 7) is 8.43. The first kappa shape index (κ1) is 27.0. The molecule has 1 N–H and O–H groups in total. The summed E-state index contributed by atoms with van der Waals surface area (Å²) in [5, 5.41) is 13.7. The van der Waals surface area contributed by atoms with Gasteiger partial charge in [-0.2, -0.15) is 9.78 Å². The Hall–Kier alpha value is -4.21. The van der Waals surface area contributed by atoms with Gasteiger partial charge < -0.3 is 19.3 Å². The molecule has 9 nitrogen and oxygen atoms in total. The molecule has 1 saturated heterocycles. The highest BCUT2D eigenvalue weighted by Gasteiger charge is 2.28. The number of aromatic carboxylic acids is 1. The Balaban J connectivity index is 1.25. The summed E-state index contributed by atoms with van der Waals surface area (Å²) in [4.78, 5) is 18.9. The molecule has 0 saturated carbocycles. The maximum Gasteiger partial charge on any atom is 0.342 e. The minimum Gasteiger partial charge on any atom is -0.488 e. The Labute approximate surface area is 239 Å². The maximum atomic E-state index is 11.6. The average molecular weight is 555 g/mol. The van der Waals surface area contributed by atoms with Crippen LogP contribution >= 0.6 is 0 Å². The molecule has 9 heteroatoms. The van der Waals surface area contributed by atoms with Gasteiger partial charge in [-0.15, -0.1) is 0 Å². The third kappa shape index (κ3) is 5.18. The van der Waals surface area contributed by atoms with Crippen LogP contribution in [0.1, 0.15) is 44.6 Å². The number of rotatable bonds is 8. The van der Waals surface area contributed by atoms with E-state index in [1.165, 1.54) is 40.2 Å². The van der Waals surface area contributed by atoms with Gasteiger partial charge in [-0.1, -0.05) is 30.3 Å². The van der Waals surface area contributed by atoms with Gasteiger partial charge >= 0.3 is 5.97 Å². The van der Waals surface area contributed by atoms with Gasteiger partial charge in [-0.25, -0.2) is 9.78 Å². The van der Waals surface area contributed by atoms with E-state index in [1.807, 2.05) is 37.3 Å². The third-order valence-electron chi connectivity index (χ3n) is 8.21. The second kappa shape index (κ2) is 11.3. The predicted molar refractivity (Wildman–Crippen MR) is 154 cm³/mol. The molecule has 0 aliphatic carbocycles. The topological polar surface area (TPSA) is 98.9 Å². The van der Waals surface area contributed by atoms with E-state index in [1.54, 1.807) is 6.07 Å². The lowest BCUT2D eigenvalue weighted by molar-refractivity contribution is 0.0693. The summed E-state index contributed by atoms with van der Waals surface area (Å²) in [5.74, 6) is 0.214. The van der Waals surface area contributed by atoms with E-state index in [0.29, 0.717) is 24.2 Å². The van der Waals surface area contributed by atoms with Crippen LogP contribution in [0.4, 0.5) is 0 Å². The summed E-state index contributed by atoms with van der Waals surface area (Å²) in [7, 11) is 1.42. The highest BCUT2D eigenvalue weighted by atomic mass is 16.5. The molecule has 4 aromatic rings. The number of aromatic nitrogens is 3. The molecular formula is C32H34N4O5. The molecular weight excluding hydrogens is 520 g/mol. The van der Waals surface area contributed by atoms with Crippen molar-refractivity contribution >= 4 is 5.97 Å². The lowest BCUT2D eigenvalue weighted by atomic mass is 9.91. The maximum absolute atomic E-state index is 11.6. The fourth-order valence-electron chi connectivity index (χ4n) is 5.92. The number of ether oxygens (including phenoxy) is 3. The number of pyridine rings is 1. The van der Waals surface area contributed by atoms with E-state index in [-0.39, 0.29) is 11.4 Å². The fraction of sp³-hybridized carbons (Fsp3) is 0.344. The molecule has 0 radical (unpaired) electrons. The van der Waals surface area contributed by atoms with Gasteiger partial charge in [-0.3, -0.25) is 4.90 Å². The second-order valence-corrected chi connectivity index (χ2v) is 10.6. The third-order valence-corrected chi connectivity index (χ3v) is 8.21. The van der Waals surface area contributed by atoms with Crippen molar-refractivity contribution in [3.05, 3.63) is 88.1 Å². The van der Waals surface area contributed by atoms with Crippen molar-refractivity contribution in [3.8, 4) is 28.7 Å². The van der Waals surface area contributed by atoms with Crippen LogP contribution in [0.3, 0.4) is 0 Å². The normalized spacial score (nSPS) is 16.9. The molecule has 0 unspecified atom stereocenters. The first-order valence-electron chi connectivity index (χ1n) is 13.9. The highest BCUT2D eigenvalue weighted by molar-refractivity contribution is 5.90. The van der Waals surface area contributed by atoms with Crippen LogP contribution < -0.4 is 9.47 Å². The van der Waals surface area contributed by atoms with E-state index in [9.17, 15) is 9.90 Å². The molecule has 0 bridgehead atoms. The summed E-state index contributed by atoms with van der Waals surface area (Å²) in [6, 6.07) is 16.5. The molecule has 6 rings (SSSR count). The zero-order valence-corrected chi connectivity index (χ0v) is 23.6. The van der Waals surface area contributed by atoms with Crippen molar-refractivity contribution in [2.45, 2.75) is 45.9 Å². The monoisotopic (exact) mass is 554 g/mol. The van der Waals surface area contributed by atoms with Crippen molar-refractivity contribution in [1.82, 2.24) is 19.7 Å². The number of carboxylic acid groups (broad SMARTS) is 1. The number of hydrogen-bond acceptors (Lipinski definition) is 7. The van der Waals surface area contributed by atoms with E-state index in [0.717, 1.165) is 56.0 Å². The summed E-state index contributed by atoms with van der Waals surface area (Å²) >= 11 is 0. The molecule has 2 aliphatic heterocycles. The van der Waals surface area contributed by atoms with Crippen LogP contribution in [0.15, 0.2) is 54.7 Å². The molecule has 4 heterocycles. The second-order valence-electron chi connectivity index (χ2n) is 10.6. The first-order chi connectivity index (χ1) is 19.9. The van der Waals surface area contributed by atoms with Gasteiger partial charge in [0.1, 0.15) is 17.9 Å².